The van der Waals surface area contributed by atoms with E-state index in [1.54, 1.807) is 11.3 Å². The molecule has 0 amide bonds. The highest BCUT2D eigenvalue weighted by Gasteiger charge is 2.45. The number of hydrogen-bond donors (Lipinski definition) is 2. The minimum Gasteiger partial charge on any atom is -0.327 e. The lowest BCUT2D eigenvalue weighted by atomic mass is 9.85. The molecule has 4 heteroatoms. The maximum Gasteiger partial charge on any atom is 0.109 e. The van der Waals surface area contributed by atoms with E-state index in [0.717, 1.165) is 18.4 Å². The van der Waals surface area contributed by atoms with Gasteiger partial charge in [0.05, 0.1) is 6.04 Å². The summed E-state index contributed by atoms with van der Waals surface area (Å²) in [7, 11) is 0. The molecule has 5 atom stereocenters. The van der Waals surface area contributed by atoms with E-state index >= 15 is 0 Å². The first kappa shape index (κ1) is 12.6. The zero-order valence-corrected chi connectivity index (χ0v) is 12.0. The Morgan fingerprint density at radius 3 is 2.89 bits per heavy atom. The Labute approximate surface area is 113 Å². The summed E-state index contributed by atoms with van der Waals surface area (Å²) in [5.74, 6) is 2.37. The van der Waals surface area contributed by atoms with Crippen molar-refractivity contribution in [2.75, 3.05) is 6.54 Å². The largest absolute Gasteiger partial charge is 0.327 e. The maximum atomic E-state index is 6.34. The summed E-state index contributed by atoms with van der Waals surface area (Å²) in [6.07, 6.45) is 6.10. The normalized spacial score (nSPS) is 36.2. The van der Waals surface area contributed by atoms with E-state index in [-0.39, 0.29) is 0 Å². The number of aryl methyl sites for hydroxylation is 1. The van der Waals surface area contributed by atoms with Gasteiger partial charge in [-0.1, -0.05) is 0 Å². The van der Waals surface area contributed by atoms with Crippen LogP contribution in [0.3, 0.4) is 0 Å². The lowest BCUT2D eigenvalue weighted by Gasteiger charge is -2.29. The summed E-state index contributed by atoms with van der Waals surface area (Å²) in [5.41, 5.74) is 6.34. The number of nitrogens with zero attached hydrogens (tertiary/aromatic N) is 1. The van der Waals surface area contributed by atoms with Crippen LogP contribution in [-0.2, 0) is 0 Å². The molecule has 5 unspecified atom stereocenters. The molecule has 18 heavy (non-hydrogen) atoms. The number of aromatic nitrogens is 1. The molecule has 2 saturated carbocycles. The number of rotatable bonds is 4. The van der Waals surface area contributed by atoms with Gasteiger partial charge < -0.3 is 11.1 Å². The molecule has 2 aliphatic carbocycles. The van der Waals surface area contributed by atoms with Crippen molar-refractivity contribution in [1.29, 1.82) is 0 Å². The highest BCUT2D eigenvalue weighted by Crippen LogP contribution is 2.47. The molecular formula is C14H23N3S. The first-order chi connectivity index (χ1) is 8.65. The number of hydrogen-bond acceptors (Lipinski definition) is 4. The third-order valence-electron chi connectivity index (χ3n) is 4.83. The van der Waals surface area contributed by atoms with Gasteiger partial charge in [-0.15, -0.1) is 11.3 Å². The number of nitrogens with two attached hydrogens (primary N) is 1. The van der Waals surface area contributed by atoms with E-state index in [9.17, 15) is 0 Å². The van der Waals surface area contributed by atoms with Crippen molar-refractivity contribution in [3.8, 4) is 0 Å². The van der Waals surface area contributed by atoms with Crippen LogP contribution < -0.4 is 11.1 Å². The van der Waals surface area contributed by atoms with E-state index in [2.05, 4.69) is 24.1 Å². The Kier molecular flexibility index (Phi) is 3.43. The molecule has 0 radical (unpaired) electrons. The van der Waals surface area contributed by atoms with E-state index in [0.29, 0.717) is 18.0 Å². The molecule has 2 aliphatic rings. The van der Waals surface area contributed by atoms with Gasteiger partial charge >= 0.3 is 0 Å². The molecule has 3 nitrogen and oxygen atoms in total. The van der Waals surface area contributed by atoms with Crippen molar-refractivity contribution in [3.63, 3.8) is 0 Å². The topological polar surface area (TPSA) is 50.9 Å². The van der Waals surface area contributed by atoms with Crippen LogP contribution in [0.4, 0.5) is 0 Å². The van der Waals surface area contributed by atoms with Crippen molar-refractivity contribution in [1.82, 2.24) is 10.3 Å². The van der Waals surface area contributed by atoms with Crippen LogP contribution in [0.1, 0.15) is 42.1 Å². The van der Waals surface area contributed by atoms with Crippen LogP contribution in [-0.4, -0.2) is 17.6 Å². The summed E-state index contributed by atoms with van der Waals surface area (Å²) in [6.45, 7) is 5.37. The third-order valence-corrected chi connectivity index (χ3v) is 5.92. The fourth-order valence-corrected chi connectivity index (χ4v) is 4.53. The SMILES string of the molecule is Cc1cnc(C(C)NCC2C3CCC(C3)C2N)s1. The lowest BCUT2D eigenvalue weighted by Crippen LogP contribution is -2.41. The molecule has 1 heterocycles. The second-order valence-corrected chi connectivity index (χ2v) is 7.28. The van der Waals surface area contributed by atoms with Gasteiger partial charge in [0.2, 0.25) is 0 Å². The van der Waals surface area contributed by atoms with Crippen molar-refractivity contribution in [2.45, 2.75) is 45.2 Å². The Morgan fingerprint density at radius 1 is 1.50 bits per heavy atom. The highest BCUT2D eigenvalue weighted by atomic mass is 32.1. The Morgan fingerprint density at radius 2 is 2.28 bits per heavy atom. The molecule has 1 aromatic rings. The molecule has 1 aromatic heterocycles. The average molecular weight is 265 g/mol. The summed E-state index contributed by atoms with van der Waals surface area (Å²) in [5, 5.41) is 4.84. The molecule has 0 spiro atoms. The standard InChI is InChI=1S/C14H23N3S/c1-8-6-17-14(18-8)9(2)16-7-12-10-3-4-11(5-10)13(12)15/h6,9-13,16H,3-5,7,15H2,1-2H3. The van der Waals surface area contributed by atoms with Gasteiger partial charge in [0.25, 0.3) is 0 Å². The highest BCUT2D eigenvalue weighted by molar-refractivity contribution is 7.11. The van der Waals surface area contributed by atoms with Crippen molar-refractivity contribution in [2.24, 2.45) is 23.5 Å². The van der Waals surface area contributed by atoms with Gasteiger partial charge in [0, 0.05) is 23.7 Å². The monoisotopic (exact) mass is 265 g/mol. The zero-order valence-electron chi connectivity index (χ0n) is 11.2. The van der Waals surface area contributed by atoms with Gasteiger partial charge in [-0.05, 0) is 50.9 Å². The van der Waals surface area contributed by atoms with E-state index in [1.165, 1.54) is 29.1 Å². The van der Waals surface area contributed by atoms with E-state index < -0.39 is 0 Å². The van der Waals surface area contributed by atoms with Crippen LogP contribution in [0.2, 0.25) is 0 Å². The second kappa shape index (κ2) is 4.91. The molecule has 3 N–H and O–H groups in total. The summed E-state index contributed by atoms with van der Waals surface area (Å²) < 4.78 is 0. The fraction of sp³-hybridized carbons (Fsp3) is 0.786. The number of nitrogens with one attached hydrogen (secondary N) is 1. The maximum absolute atomic E-state index is 6.34. The smallest absolute Gasteiger partial charge is 0.109 e. The average Bonchev–Trinajstić information content (AvgIpc) is 3.02. The number of fused-ring (bicyclic) bond motifs is 2. The molecule has 0 aliphatic heterocycles. The summed E-state index contributed by atoms with van der Waals surface area (Å²) >= 11 is 1.79. The third kappa shape index (κ3) is 2.22. The molecule has 3 rings (SSSR count). The predicted octanol–water partition coefficient (Wildman–Crippen LogP) is 2.48. The van der Waals surface area contributed by atoms with Crippen molar-refractivity contribution >= 4 is 11.3 Å². The van der Waals surface area contributed by atoms with Crippen LogP contribution in [0.25, 0.3) is 0 Å². The number of thiazole rings is 1. The first-order valence-electron chi connectivity index (χ1n) is 7.06. The van der Waals surface area contributed by atoms with Gasteiger partial charge in [-0.25, -0.2) is 4.98 Å². The minimum absolute atomic E-state index is 0.357. The van der Waals surface area contributed by atoms with Gasteiger partial charge in [0.15, 0.2) is 0 Å². The predicted molar refractivity (Wildman–Crippen MR) is 75.6 cm³/mol. The van der Waals surface area contributed by atoms with Crippen LogP contribution in [0.5, 0.6) is 0 Å². The summed E-state index contributed by atoms with van der Waals surface area (Å²) in [4.78, 5) is 5.74. The summed E-state index contributed by atoms with van der Waals surface area (Å²) in [6, 6.07) is 0.788. The van der Waals surface area contributed by atoms with E-state index in [1.807, 2.05) is 6.20 Å². The van der Waals surface area contributed by atoms with Crippen molar-refractivity contribution in [3.05, 3.63) is 16.1 Å². The first-order valence-corrected chi connectivity index (χ1v) is 7.88. The quantitative estimate of drug-likeness (QED) is 0.879. The molecule has 100 valence electrons. The lowest BCUT2D eigenvalue weighted by molar-refractivity contribution is 0.271. The Balaban J connectivity index is 1.55. The Hall–Kier alpha value is -0.450. The molecule has 2 bridgehead atoms. The minimum atomic E-state index is 0.357. The molecule has 0 saturated heterocycles. The van der Waals surface area contributed by atoms with Crippen LogP contribution in [0.15, 0.2) is 6.20 Å². The Bertz CT molecular complexity index is 415. The molecular weight excluding hydrogens is 242 g/mol. The fourth-order valence-electron chi connectivity index (χ4n) is 3.73. The van der Waals surface area contributed by atoms with Gasteiger partial charge in [-0.2, -0.15) is 0 Å². The molecule has 2 fully saturated rings. The molecule has 0 aromatic carbocycles. The second-order valence-electron chi connectivity index (χ2n) is 6.01. The van der Waals surface area contributed by atoms with Crippen LogP contribution in [0, 0.1) is 24.7 Å². The zero-order chi connectivity index (χ0) is 12.7. The van der Waals surface area contributed by atoms with Crippen LogP contribution >= 0.6 is 11.3 Å². The van der Waals surface area contributed by atoms with Crippen molar-refractivity contribution < 1.29 is 0 Å². The van der Waals surface area contributed by atoms with E-state index in [4.69, 9.17) is 5.73 Å². The van der Waals surface area contributed by atoms with Gasteiger partial charge in [0.1, 0.15) is 5.01 Å². The van der Waals surface area contributed by atoms with Gasteiger partial charge in [-0.3, -0.25) is 0 Å².